The van der Waals surface area contributed by atoms with E-state index in [1.54, 1.807) is 6.08 Å². The molecule has 1 aromatic heterocycles. The normalized spacial score (nSPS) is 10.2. The molecule has 2 nitrogen and oxygen atoms in total. The highest BCUT2D eigenvalue weighted by molar-refractivity contribution is 5.72. The third-order valence-corrected chi connectivity index (χ3v) is 0.976. The van der Waals surface area contributed by atoms with Gasteiger partial charge in [-0.3, -0.25) is 4.79 Å². The molecule has 0 fully saturated rings. The van der Waals surface area contributed by atoms with Gasteiger partial charge in [0.2, 0.25) is 0 Å². The Morgan fingerprint density at radius 2 is 2.44 bits per heavy atom. The van der Waals surface area contributed by atoms with Crippen molar-refractivity contribution in [2.75, 3.05) is 0 Å². The second kappa shape index (κ2) is 2.87. The second-order valence-electron chi connectivity index (χ2n) is 1.62. The van der Waals surface area contributed by atoms with E-state index in [-0.39, 0.29) is 0 Å². The predicted octanol–water partition coefficient (Wildman–Crippen LogP) is 1.23. The zero-order valence-electron chi connectivity index (χ0n) is 4.87. The van der Waals surface area contributed by atoms with E-state index in [2.05, 4.69) is 4.98 Å². The molecule has 1 heterocycles. The zero-order valence-corrected chi connectivity index (χ0v) is 4.87. The molecule has 1 rings (SSSR count). The van der Waals surface area contributed by atoms with Crippen molar-refractivity contribution in [3.8, 4) is 0 Å². The van der Waals surface area contributed by atoms with Gasteiger partial charge in [0.05, 0.1) is 0 Å². The maximum atomic E-state index is 9.80. The van der Waals surface area contributed by atoms with Crippen LogP contribution >= 0.6 is 0 Å². The third kappa shape index (κ3) is 1.57. The summed E-state index contributed by atoms with van der Waals surface area (Å²) in [5.41, 5.74) is 0.946. The van der Waals surface area contributed by atoms with Gasteiger partial charge >= 0.3 is 0 Å². The average molecular weight is 121 g/mol. The summed E-state index contributed by atoms with van der Waals surface area (Å²) in [7, 11) is 0. The fourth-order valence-corrected chi connectivity index (χ4v) is 0.591. The van der Waals surface area contributed by atoms with E-state index in [9.17, 15) is 4.79 Å². The van der Waals surface area contributed by atoms with E-state index in [1.165, 1.54) is 6.08 Å². The van der Waals surface area contributed by atoms with Crippen LogP contribution in [0.4, 0.5) is 0 Å². The number of carbonyl (C=O) groups excluding carboxylic acids is 1. The second-order valence-corrected chi connectivity index (χ2v) is 1.62. The Balaban J connectivity index is 2.67. The molecule has 9 heavy (non-hydrogen) atoms. The van der Waals surface area contributed by atoms with Gasteiger partial charge in [-0.1, -0.05) is 0 Å². The summed E-state index contributed by atoms with van der Waals surface area (Å²) in [6, 6.07) is 3.77. The first-order valence-corrected chi connectivity index (χ1v) is 2.69. The van der Waals surface area contributed by atoms with Gasteiger partial charge in [0.25, 0.3) is 0 Å². The Bertz CT molecular complexity index is 199. The van der Waals surface area contributed by atoms with Gasteiger partial charge in [0.1, 0.15) is 6.29 Å². The molecule has 0 amide bonds. The van der Waals surface area contributed by atoms with Gasteiger partial charge in [0.15, 0.2) is 0 Å². The predicted molar refractivity (Wildman–Crippen MR) is 35.9 cm³/mol. The summed E-state index contributed by atoms with van der Waals surface area (Å²) >= 11 is 0. The van der Waals surface area contributed by atoms with E-state index in [1.807, 2.05) is 18.3 Å². The van der Waals surface area contributed by atoms with Crippen molar-refractivity contribution in [1.82, 2.24) is 4.98 Å². The fraction of sp³-hybridized carbons (Fsp3) is 0. The van der Waals surface area contributed by atoms with Crippen LogP contribution in [0, 0.1) is 0 Å². The highest BCUT2D eigenvalue weighted by atomic mass is 16.1. The van der Waals surface area contributed by atoms with Crippen molar-refractivity contribution in [2.24, 2.45) is 0 Å². The molecule has 0 spiro atoms. The van der Waals surface area contributed by atoms with Gasteiger partial charge in [-0.25, -0.2) is 0 Å². The quantitative estimate of drug-likeness (QED) is 0.463. The van der Waals surface area contributed by atoms with Crippen molar-refractivity contribution in [2.45, 2.75) is 0 Å². The zero-order chi connectivity index (χ0) is 6.53. The Kier molecular flexibility index (Phi) is 1.85. The Hall–Kier alpha value is -1.31. The average Bonchev–Trinajstić information content (AvgIpc) is 2.34. The number of hydrogen-bond donors (Lipinski definition) is 1. The summed E-state index contributed by atoms with van der Waals surface area (Å²) in [4.78, 5) is 12.7. The molecule has 1 aromatic rings. The number of aromatic nitrogens is 1. The maximum absolute atomic E-state index is 9.80. The summed E-state index contributed by atoms with van der Waals surface area (Å²) in [5.74, 6) is 0. The topological polar surface area (TPSA) is 32.9 Å². The lowest BCUT2D eigenvalue weighted by Crippen LogP contribution is -1.66. The number of carbonyl (C=O) groups is 1. The Morgan fingerprint density at radius 1 is 1.56 bits per heavy atom. The third-order valence-electron chi connectivity index (χ3n) is 0.976. The van der Waals surface area contributed by atoms with Crippen molar-refractivity contribution in [3.63, 3.8) is 0 Å². The summed E-state index contributed by atoms with van der Waals surface area (Å²) in [6.45, 7) is 0. The molecular weight excluding hydrogens is 114 g/mol. The molecular formula is C7H7NO. The van der Waals surface area contributed by atoms with Crippen LogP contribution in [0.2, 0.25) is 0 Å². The minimum absolute atomic E-state index is 0.751. The van der Waals surface area contributed by atoms with Crippen LogP contribution in [-0.2, 0) is 4.79 Å². The lowest BCUT2D eigenvalue weighted by atomic mass is 10.4. The van der Waals surface area contributed by atoms with Crippen molar-refractivity contribution >= 4 is 12.4 Å². The molecule has 0 aliphatic carbocycles. The highest BCUT2D eigenvalue weighted by Crippen LogP contribution is 1.94. The minimum Gasteiger partial charge on any atom is -0.362 e. The van der Waals surface area contributed by atoms with Gasteiger partial charge in [-0.05, 0) is 24.3 Å². The first-order chi connectivity index (χ1) is 4.43. The van der Waals surface area contributed by atoms with E-state index in [0.717, 1.165) is 12.0 Å². The molecule has 0 unspecified atom stereocenters. The lowest BCUT2D eigenvalue weighted by Gasteiger charge is -1.77. The lowest BCUT2D eigenvalue weighted by molar-refractivity contribution is -0.104. The van der Waals surface area contributed by atoms with Crippen LogP contribution in [-0.4, -0.2) is 11.3 Å². The van der Waals surface area contributed by atoms with Crippen LogP contribution < -0.4 is 0 Å². The van der Waals surface area contributed by atoms with Crippen molar-refractivity contribution in [1.29, 1.82) is 0 Å². The first-order valence-electron chi connectivity index (χ1n) is 2.69. The monoisotopic (exact) mass is 121 g/mol. The molecule has 0 aromatic carbocycles. The van der Waals surface area contributed by atoms with Crippen LogP contribution in [0.3, 0.4) is 0 Å². The molecule has 0 atom stereocenters. The molecule has 46 valence electrons. The fourth-order valence-electron chi connectivity index (χ4n) is 0.591. The number of rotatable bonds is 2. The van der Waals surface area contributed by atoms with Crippen LogP contribution in [0.1, 0.15) is 5.69 Å². The molecule has 0 saturated carbocycles. The van der Waals surface area contributed by atoms with Gasteiger partial charge in [-0.2, -0.15) is 0 Å². The van der Waals surface area contributed by atoms with Crippen molar-refractivity contribution in [3.05, 3.63) is 30.1 Å². The molecule has 0 aliphatic heterocycles. The molecule has 0 aliphatic rings. The summed E-state index contributed by atoms with van der Waals surface area (Å²) in [6.07, 6.45) is 5.73. The number of aromatic amines is 1. The van der Waals surface area contributed by atoms with Gasteiger partial charge < -0.3 is 4.98 Å². The van der Waals surface area contributed by atoms with Crippen molar-refractivity contribution < 1.29 is 4.79 Å². The smallest absolute Gasteiger partial charge is 0.142 e. The van der Waals surface area contributed by atoms with Crippen LogP contribution in [0.5, 0.6) is 0 Å². The van der Waals surface area contributed by atoms with Gasteiger partial charge in [-0.15, -0.1) is 0 Å². The van der Waals surface area contributed by atoms with Crippen LogP contribution in [0.25, 0.3) is 6.08 Å². The van der Waals surface area contributed by atoms with E-state index in [0.29, 0.717) is 0 Å². The summed E-state index contributed by atoms with van der Waals surface area (Å²) < 4.78 is 0. The maximum Gasteiger partial charge on any atom is 0.142 e. The molecule has 1 N–H and O–H groups in total. The number of nitrogens with one attached hydrogen (secondary N) is 1. The SMILES string of the molecule is O=C/C=C\c1ccc[nH]1. The Morgan fingerprint density at radius 3 is 3.00 bits per heavy atom. The molecule has 0 bridgehead atoms. The molecule has 0 saturated heterocycles. The number of hydrogen-bond acceptors (Lipinski definition) is 1. The number of aldehydes is 1. The largest absolute Gasteiger partial charge is 0.362 e. The number of H-pyrrole nitrogens is 1. The molecule has 2 heteroatoms. The van der Waals surface area contributed by atoms with Gasteiger partial charge in [0, 0.05) is 11.9 Å². The first kappa shape index (κ1) is 5.82. The van der Waals surface area contributed by atoms with E-state index < -0.39 is 0 Å². The Labute approximate surface area is 53.2 Å². The molecule has 0 radical (unpaired) electrons. The summed E-state index contributed by atoms with van der Waals surface area (Å²) in [5, 5.41) is 0. The standard InChI is InChI=1S/C7H7NO/c9-6-2-4-7-3-1-5-8-7/h1-6,8H/b4-2-. The number of allylic oxidation sites excluding steroid dienone is 1. The van der Waals surface area contributed by atoms with E-state index >= 15 is 0 Å². The highest BCUT2D eigenvalue weighted by Gasteiger charge is 1.79. The van der Waals surface area contributed by atoms with E-state index in [4.69, 9.17) is 0 Å². The van der Waals surface area contributed by atoms with Crippen LogP contribution in [0.15, 0.2) is 24.4 Å². The minimum atomic E-state index is 0.751.